The smallest absolute Gasteiger partial charge is 0.340 e. The molecule has 35 heavy (non-hydrogen) atoms. The van der Waals surface area contributed by atoms with Gasteiger partial charge in [-0.3, -0.25) is 0 Å². The van der Waals surface area contributed by atoms with E-state index in [1.54, 1.807) is 0 Å². The average Bonchev–Trinajstić information content (AvgIpc) is 3.16. The number of hydrogen-bond acceptors (Lipinski definition) is 5. The molecule has 0 amide bonds. The van der Waals surface area contributed by atoms with Crippen LogP contribution in [0.5, 0.6) is 11.5 Å². The number of cyclic esters (lactones) is 1. The summed E-state index contributed by atoms with van der Waals surface area (Å²) in [5.74, 6) is -1.23. The lowest BCUT2D eigenvalue weighted by atomic mass is 9.76. The molecule has 0 atom stereocenters. The summed E-state index contributed by atoms with van der Waals surface area (Å²) >= 11 is 0. The highest BCUT2D eigenvalue weighted by Crippen LogP contribution is 2.50. The first-order valence-corrected chi connectivity index (χ1v) is 12.0. The molecule has 1 heterocycles. The van der Waals surface area contributed by atoms with Crippen LogP contribution in [0, 0.1) is 0 Å². The summed E-state index contributed by atoms with van der Waals surface area (Å²) in [6.45, 7) is 7.75. The topological polar surface area (TPSA) is 104 Å². The highest BCUT2D eigenvalue weighted by molar-refractivity contribution is 5.98. The first kappa shape index (κ1) is 24.3. The van der Waals surface area contributed by atoms with Gasteiger partial charge >= 0.3 is 11.9 Å². The molecule has 1 aliphatic heterocycles. The Labute approximate surface area is 204 Å². The van der Waals surface area contributed by atoms with E-state index >= 15 is 0 Å². The number of aromatic carboxylic acids is 1. The number of carbonyl (C=O) groups excluding carboxylic acids is 1. The molecule has 3 aromatic rings. The molecular formula is C29H30O6. The zero-order chi connectivity index (χ0) is 25.5. The number of hydrogen-bond donors (Lipinski definition) is 3. The maximum Gasteiger partial charge on any atom is 0.340 e. The van der Waals surface area contributed by atoms with Crippen LogP contribution in [0.2, 0.25) is 0 Å². The number of ether oxygens (including phenoxy) is 1. The van der Waals surface area contributed by atoms with Gasteiger partial charge < -0.3 is 20.1 Å². The van der Waals surface area contributed by atoms with Crippen LogP contribution in [0.3, 0.4) is 0 Å². The second kappa shape index (κ2) is 9.10. The van der Waals surface area contributed by atoms with E-state index in [4.69, 9.17) is 4.74 Å². The second-order valence-corrected chi connectivity index (χ2v) is 8.84. The lowest BCUT2D eigenvalue weighted by Crippen LogP contribution is -2.30. The monoisotopic (exact) mass is 474 g/mol. The zero-order valence-corrected chi connectivity index (χ0v) is 20.4. The van der Waals surface area contributed by atoms with Gasteiger partial charge in [0.15, 0.2) is 5.60 Å². The van der Waals surface area contributed by atoms with E-state index in [2.05, 4.69) is 0 Å². The number of aromatic hydroxyl groups is 2. The molecule has 4 rings (SSSR count). The predicted octanol–water partition coefficient (Wildman–Crippen LogP) is 5.51. The van der Waals surface area contributed by atoms with Crippen LogP contribution in [0.25, 0.3) is 0 Å². The van der Waals surface area contributed by atoms with Crippen LogP contribution < -0.4 is 0 Å². The predicted molar refractivity (Wildman–Crippen MR) is 132 cm³/mol. The van der Waals surface area contributed by atoms with E-state index in [0.717, 1.165) is 0 Å². The fourth-order valence-electron chi connectivity index (χ4n) is 5.00. The quantitative estimate of drug-likeness (QED) is 0.390. The Bertz CT molecular complexity index is 1230. The lowest BCUT2D eigenvalue weighted by molar-refractivity contribution is 0.0250. The molecular weight excluding hydrogens is 444 g/mol. The molecule has 0 radical (unpaired) electrons. The van der Waals surface area contributed by atoms with Gasteiger partial charge in [0.25, 0.3) is 0 Å². The van der Waals surface area contributed by atoms with Gasteiger partial charge in [0.05, 0.1) is 11.1 Å². The van der Waals surface area contributed by atoms with Gasteiger partial charge in [-0.15, -0.1) is 0 Å². The van der Waals surface area contributed by atoms with Crippen molar-refractivity contribution in [1.29, 1.82) is 0 Å². The van der Waals surface area contributed by atoms with Gasteiger partial charge in [-0.25, -0.2) is 9.59 Å². The molecule has 0 bridgehead atoms. The van der Waals surface area contributed by atoms with Crippen LogP contribution in [0.15, 0.2) is 42.5 Å². The van der Waals surface area contributed by atoms with Crippen molar-refractivity contribution in [3.8, 4) is 11.5 Å². The minimum Gasteiger partial charge on any atom is -0.507 e. The van der Waals surface area contributed by atoms with E-state index in [0.29, 0.717) is 70.2 Å². The van der Waals surface area contributed by atoms with Crippen molar-refractivity contribution in [2.75, 3.05) is 0 Å². The van der Waals surface area contributed by atoms with Crippen molar-refractivity contribution < 1.29 is 29.6 Å². The summed E-state index contributed by atoms with van der Waals surface area (Å²) in [6.07, 6.45) is 2.26. The molecule has 0 aliphatic carbocycles. The van der Waals surface area contributed by atoms with Gasteiger partial charge in [0, 0.05) is 16.7 Å². The van der Waals surface area contributed by atoms with Crippen LogP contribution in [0.4, 0.5) is 0 Å². The highest BCUT2D eigenvalue weighted by Gasteiger charge is 2.49. The van der Waals surface area contributed by atoms with E-state index < -0.39 is 17.5 Å². The van der Waals surface area contributed by atoms with E-state index in [9.17, 15) is 24.9 Å². The molecule has 6 nitrogen and oxygen atoms in total. The standard InChI is InChI=1S/C29H30O6/c1-5-16-11-21(12-17(6-2)25(16)30)29(22-13-18(7-3)26(31)19(8-4)14-22)24-15-20(27(32)33)9-10-23(24)28(34)35-29/h9-15,30-31H,5-8H2,1-4H3,(H,32,33). The SMILES string of the molecule is CCc1cc(C2(c3cc(CC)c(O)c(CC)c3)OC(=O)c3ccc(C(=O)O)cc32)cc(CC)c1O. The molecule has 0 fully saturated rings. The van der Waals surface area contributed by atoms with Crippen molar-refractivity contribution >= 4 is 11.9 Å². The Morgan fingerprint density at radius 3 is 1.57 bits per heavy atom. The Hall–Kier alpha value is -3.80. The third-order valence-corrected chi connectivity index (χ3v) is 6.98. The third kappa shape index (κ3) is 3.73. The van der Waals surface area contributed by atoms with Crippen LogP contribution in [0.1, 0.15) is 87.4 Å². The first-order valence-electron chi connectivity index (χ1n) is 12.0. The molecule has 182 valence electrons. The second-order valence-electron chi connectivity index (χ2n) is 8.84. The molecule has 0 spiro atoms. The molecule has 3 N–H and O–H groups in total. The molecule has 0 unspecified atom stereocenters. The summed E-state index contributed by atoms with van der Waals surface area (Å²) in [4.78, 5) is 25.1. The van der Waals surface area contributed by atoms with Gasteiger partial charge in [-0.1, -0.05) is 27.7 Å². The van der Waals surface area contributed by atoms with Gasteiger partial charge in [0.2, 0.25) is 0 Å². The van der Waals surface area contributed by atoms with Crippen molar-refractivity contribution in [1.82, 2.24) is 0 Å². The Kier molecular flexibility index (Phi) is 6.32. The number of phenols is 2. The van der Waals surface area contributed by atoms with Gasteiger partial charge in [0.1, 0.15) is 11.5 Å². The maximum atomic E-state index is 13.2. The molecule has 6 heteroatoms. The molecule has 0 saturated carbocycles. The molecule has 3 aromatic carbocycles. The van der Waals surface area contributed by atoms with E-state index in [-0.39, 0.29) is 17.1 Å². The number of esters is 1. The normalized spacial score (nSPS) is 14.0. The van der Waals surface area contributed by atoms with E-state index in [1.807, 2.05) is 52.0 Å². The Morgan fingerprint density at radius 1 is 0.771 bits per heavy atom. The fourth-order valence-corrected chi connectivity index (χ4v) is 5.00. The van der Waals surface area contributed by atoms with Gasteiger partial charge in [-0.2, -0.15) is 0 Å². The number of benzene rings is 3. The van der Waals surface area contributed by atoms with Crippen LogP contribution >= 0.6 is 0 Å². The number of rotatable bonds is 7. The lowest BCUT2D eigenvalue weighted by Gasteiger charge is -2.32. The summed E-state index contributed by atoms with van der Waals surface area (Å²) in [5, 5.41) is 31.2. The van der Waals surface area contributed by atoms with Gasteiger partial charge in [-0.05, 0) is 90.4 Å². The number of carboxylic acids is 1. The average molecular weight is 475 g/mol. The van der Waals surface area contributed by atoms with Crippen molar-refractivity contribution in [3.05, 3.63) is 92.5 Å². The summed E-state index contributed by atoms with van der Waals surface area (Å²) in [5.41, 5.74) is 3.45. The molecule has 1 aliphatic rings. The van der Waals surface area contributed by atoms with E-state index in [1.165, 1.54) is 18.2 Å². The number of carboxylic acid groups (broad SMARTS) is 1. The minimum absolute atomic E-state index is 0.0434. The van der Waals surface area contributed by atoms with Crippen molar-refractivity contribution in [2.24, 2.45) is 0 Å². The Morgan fingerprint density at radius 2 is 1.20 bits per heavy atom. The number of fused-ring (bicyclic) bond motifs is 1. The maximum absolute atomic E-state index is 13.2. The Balaban J connectivity index is 2.17. The number of aryl methyl sites for hydroxylation is 4. The van der Waals surface area contributed by atoms with Crippen LogP contribution in [-0.4, -0.2) is 27.3 Å². The summed E-state index contributed by atoms with van der Waals surface area (Å²) in [6, 6.07) is 11.7. The number of phenolic OH excluding ortho intramolecular Hbond substituents is 2. The zero-order valence-electron chi connectivity index (χ0n) is 20.4. The summed E-state index contributed by atoms with van der Waals surface area (Å²) < 4.78 is 6.21. The molecule has 0 saturated heterocycles. The van der Waals surface area contributed by atoms with Crippen LogP contribution in [-0.2, 0) is 36.0 Å². The molecule has 0 aromatic heterocycles. The van der Waals surface area contributed by atoms with Crippen molar-refractivity contribution in [3.63, 3.8) is 0 Å². The largest absolute Gasteiger partial charge is 0.507 e. The summed E-state index contributed by atoms with van der Waals surface area (Å²) in [7, 11) is 0. The first-order chi connectivity index (χ1) is 16.7. The van der Waals surface area contributed by atoms with Crippen molar-refractivity contribution in [2.45, 2.75) is 59.0 Å². The minimum atomic E-state index is -1.43. The third-order valence-electron chi connectivity index (χ3n) is 6.98. The highest BCUT2D eigenvalue weighted by atomic mass is 16.6. The number of carbonyl (C=O) groups is 2. The fraction of sp³-hybridized carbons (Fsp3) is 0.310.